The van der Waals surface area contributed by atoms with Crippen LogP contribution >= 0.6 is 0 Å². The Bertz CT molecular complexity index is 1260. The second-order valence-corrected chi connectivity index (χ2v) is 6.85. The van der Waals surface area contributed by atoms with Gasteiger partial charge in [0, 0.05) is 11.1 Å². The highest BCUT2D eigenvalue weighted by Crippen LogP contribution is 2.27. The van der Waals surface area contributed by atoms with Gasteiger partial charge in [0.2, 0.25) is 0 Å². The number of ether oxygens (including phenoxy) is 1. The predicted octanol–water partition coefficient (Wildman–Crippen LogP) is 5.35. The zero-order valence-corrected chi connectivity index (χ0v) is 16.4. The van der Waals surface area contributed by atoms with Crippen LogP contribution in [0.25, 0.3) is 0 Å². The monoisotopic (exact) mass is 410 g/mol. The maximum atomic E-state index is 12.7. The summed E-state index contributed by atoms with van der Waals surface area (Å²) >= 11 is 0. The summed E-state index contributed by atoms with van der Waals surface area (Å²) in [6, 6.07) is 25.9. The number of hydrogen-bond donors (Lipinski definition) is 2. The minimum atomic E-state index is -0.313. The third-order valence-electron chi connectivity index (χ3n) is 4.75. The zero-order chi connectivity index (χ0) is 21.8. The Morgan fingerprint density at radius 1 is 0.548 bits per heavy atom. The first-order valence-corrected chi connectivity index (χ1v) is 9.56. The molecule has 5 nitrogen and oxygen atoms in total. The lowest BCUT2D eigenvalue weighted by Gasteiger charge is -2.09. The van der Waals surface area contributed by atoms with Crippen LogP contribution in [0.4, 0.5) is 0 Å². The molecule has 0 spiro atoms. The van der Waals surface area contributed by atoms with Crippen molar-refractivity contribution in [2.45, 2.75) is 0 Å². The van der Waals surface area contributed by atoms with Crippen LogP contribution in [0, 0.1) is 0 Å². The van der Waals surface area contributed by atoms with Crippen LogP contribution in [0.3, 0.4) is 0 Å². The van der Waals surface area contributed by atoms with Crippen molar-refractivity contribution in [1.82, 2.24) is 0 Å². The number of rotatable bonds is 6. The molecule has 4 rings (SSSR count). The maximum absolute atomic E-state index is 12.7. The number of carbonyl (C=O) groups excluding carboxylic acids is 2. The first kappa shape index (κ1) is 19.9. The lowest BCUT2D eigenvalue weighted by atomic mass is 10.0. The van der Waals surface area contributed by atoms with Crippen LogP contribution in [-0.4, -0.2) is 21.8 Å². The SMILES string of the molecule is O=C(c1ccc(Oc2cccc(C(=O)c3ccccc3O)c2)cc1)c1ccccc1O. The molecule has 0 aromatic heterocycles. The molecular weight excluding hydrogens is 392 g/mol. The van der Waals surface area contributed by atoms with Gasteiger partial charge in [0.25, 0.3) is 0 Å². The van der Waals surface area contributed by atoms with E-state index in [2.05, 4.69) is 0 Å². The first-order valence-electron chi connectivity index (χ1n) is 9.56. The summed E-state index contributed by atoms with van der Waals surface area (Å²) in [4.78, 5) is 25.2. The van der Waals surface area contributed by atoms with Gasteiger partial charge in [-0.3, -0.25) is 9.59 Å². The van der Waals surface area contributed by atoms with Crippen LogP contribution in [0.1, 0.15) is 31.8 Å². The summed E-state index contributed by atoms with van der Waals surface area (Å²) in [5, 5.41) is 19.8. The molecule has 0 radical (unpaired) electrons. The number of ketones is 2. The summed E-state index contributed by atoms with van der Waals surface area (Å²) in [7, 11) is 0. The van der Waals surface area contributed by atoms with E-state index >= 15 is 0 Å². The summed E-state index contributed by atoms with van der Waals surface area (Å²) in [6.45, 7) is 0. The minimum Gasteiger partial charge on any atom is -0.507 e. The Morgan fingerprint density at radius 2 is 1.10 bits per heavy atom. The highest BCUT2D eigenvalue weighted by molar-refractivity contribution is 6.11. The number of hydrogen-bond acceptors (Lipinski definition) is 5. The molecule has 0 bridgehead atoms. The molecule has 0 heterocycles. The molecule has 31 heavy (non-hydrogen) atoms. The third-order valence-corrected chi connectivity index (χ3v) is 4.75. The van der Waals surface area contributed by atoms with E-state index in [0.29, 0.717) is 22.6 Å². The number of phenolic OH excluding ortho intramolecular Hbond substituents is 2. The first-order chi connectivity index (χ1) is 15.0. The number of para-hydroxylation sites is 2. The van der Waals surface area contributed by atoms with Gasteiger partial charge in [0.1, 0.15) is 23.0 Å². The molecule has 0 unspecified atom stereocenters. The largest absolute Gasteiger partial charge is 0.507 e. The average Bonchev–Trinajstić information content (AvgIpc) is 2.79. The normalized spacial score (nSPS) is 10.5. The lowest BCUT2D eigenvalue weighted by Crippen LogP contribution is -2.02. The molecule has 0 aliphatic rings. The van der Waals surface area contributed by atoms with Gasteiger partial charge in [-0.05, 0) is 60.7 Å². The molecule has 0 saturated carbocycles. The van der Waals surface area contributed by atoms with Crippen LogP contribution in [0.2, 0.25) is 0 Å². The topological polar surface area (TPSA) is 83.8 Å². The molecule has 0 aliphatic heterocycles. The van der Waals surface area contributed by atoms with E-state index < -0.39 is 0 Å². The Hall–Kier alpha value is -4.38. The van der Waals surface area contributed by atoms with E-state index in [1.807, 2.05) is 0 Å². The highest BCUT2D eigenvalue weighted by atomic mass is 16.5. The van der Waals surface area contributed by atoms with Crippen LogP contribution in [0.15, 0.2) is 97.1 Å². The zero-order valence-electron chi connectivity index (χ0n) is 16.4. The highest BCUT2D eigenvalue weighted by Gasteiger charge is 2.15. The number of benzene rings is 4. The second-order valence-electron chi connectivity index (χ2n) is 6.85. The van der Waals surface area contributed by atoms with Crippen molar-refractivity contribution in [3.05, 3.63) is 119 Å². The van der Waals surface area contributed by atoms with Crippen LogP contribution < -0.4 is 4.74 Å². The van der Waals surface area contributed by atoms with Gasteiger partial charge < -0.3 is 14.9 Å². The Morgan fingerprint density at radius 3 is 1.68 bits per heavy atom. The molecule has 152 valence electrons. The van der Waals surface area contributed by atoms with E-state index in [9.17, 15) is 19.8 Å². The summed E-state index contributed by atoms with van der Waals surface area (Å²) in [5.74, 6) is 0.177. The number of carbonyl (C=O) groups is 2. The fourth-order valence-electron chi connectivity index (χ4n) is 3.15. The number of aromatic hydroxyl groups is 2. The molecule has 0 aliphatic carbocycles. The molecular formula is C26H18O5. The molecule has 5 heteroatoms. The summed E-state index contributed by atoms with van der Waals surface area (Å²) in [5.41, 5.74) is 1.24. The molecule has 4 aromatic carbocycles. The molecule has 0 atom stereocenters. The lowest BCUT2D eigenvalue weighted by molar-refractivity contribution is 0.102. The van der Waals surface area contributed by atoms with Crippen LogP contribution in [-0.2, 0) is 0 Å². The van der Waals surface area contributed by atoms with E-state index in [0.717, 1.165) is 0 Å². The standard InChI is InChI=1S/C26H18O5/c27-23-10-3-1-8-21(23)25(29)17-12-14-19(15-13-17)31-20-7-5-6-18(16-20)26(30)22-9-2-4-11-24(22)28/h1-16,27-28H. The van der Waals surface area contributed by atoms with Gasteiger partial charge >= 0.3 is 0 Å². The molecule has 4 aromatic rings. The average molecular weight is 410 g/mol. The van der Waals surface area contributed by atoms with E-state index in [1.165, 1.54) is 12.1 Å². The Labute approximate surface area is 178 Å². The summed E-state index contributed by atoms with van der Waals surface area (Å²) < 4.78 is 5.82. The Kier molecular flexibility index (Phi) is 5.49. The van der Waals surface area contributed by atoms with E-state index in [1.54, 1.807) is 84.9 Å². The number of phenols is 2. The van der Waals surface area contributed by atoms with E-state index in [-0.39, 0.29) is 34.2 Å². The van der Waals surface area contributed by atoms with Gasteiger partial charge in [-0.1, -0.05) is 36.4 Å². The molecule has 0 amide bonds. The van der Waals surface area contributed by atoms with Crippen LogP contribution in [0.5, 0.6) is 23.0 Å². The van der Waals surface area contributed by atoms with Crippen molar-refractivity contribution in [3.63, 3.8) is 0 Å². The van der Waals surface area contributed by atoms with Crippen molar-refractivity contribution in [2.75, 3.05) is 0 Å². The molecule has 2 N–H and O–H groups in total. The summed E-state index contributed by atoms with van der Waals surface area (Å²) in [6.07, 6.45) is 0. The minimum absolute atomic E-state index is 0.0706. The second kappa shape index (κ2) is 8.55. The van der Waals surface area contributed by atoms with Gasteiger partial charge in [-0.15, -0.1) is 0 Å². The third kappa shape index (κ3) is 4.31. The van der Waals surface area contributed by atoms with Crippen molar-refractivity contribution < 1.29 is 24.5 Å². The van der Waals surface area contributed by atoms with Gasteiger partial charge in [-0.2, -0.15) is 0 Å². The van der Waals surface area contributed by atoms with Gasteiger partial charge in [-0.25, -0.2) is 0 Å². The van der Waals surface area contributed by atoms with Crippen molar-refractivity contribution in [2.24, 2.45) is 0 Å². The van der Waals surface area contributed by atoms with Gasteiger partial charge in [0.15, 0.2) is 11.6 Å². The van der Waals surface area contributed by atoms with E-state index in [4.69, 9.17) is 4.74 Å². The fourth-order valence-corrected chi connectivity index (χ4v) is 3.15. The van der Waals surface area contributed by atoms with Crippen molar-refractivity contribution >= 4 is 11.6 Å². The molecule has 0 fully saturated rings. The maximum Gasteiger partial charge on any atom is 0.196 e. The van der Waals surface area contributed by atoms with Gasteiger partial charge in [0.05, 0.1) is 11.1 Å². The Balaban J connectivity index is 1.52. The predicted molar refractivity (Wildman–Crippen MR) is 116 cm³/mol. The fraction of sp³-hybridized carbons (Fsp3) is 0. The van der Waals surface area contributed by atoms with Crippen molar-refractivity contribution in [1.29, 1.82) is 0 Å². The smallest absolute Gasteiger partial charge is 0.196 e. The van der Waals surface area contributed by atoms with Crippen molar-refractivity contribution in [3.8, 4) is 23.0 Å². The molecule has 0 saturated heterocycles. The quantitative estimate of drug-likeness (QED) is 0.419.